The van der Waals surface area contributed by atoms with Gasteiger partial charge in [-0.25, -0.2) is 13.6 Å². The van der Waals surface area contributed by atoms with E-state index in [0.29, 0.717) is 36.2 Å². The van der Waals surface area contributed by atoms with Crippen molar-refractivity contribution in [2.75, 3.05) is 0 Å². The van der Waals surface area contributed by atoms with Crippen molar-refractivity contribution < 1.29 is 13.6 Å². The summed E-state index contributed by atoms with van der Waals surface area (Å²) < 4.78 is 29.9. The Morgan fingerprint density at radius 2 is 1.89 bits per heavy atom. The van der Waals surface area contributed by atoms with Gasteiger partial charge >= 0.3 is 5.69 Å². The Hall–Kier alpha value is -4.10. The number of benzene rings is 1. The number of hydrogen-bond acceptors (Lipinski definition) is 5. The summed E-state index contributed by atoms with van der Waals surface area (Å²) in [6, 6.07) is 12.1. The lowest BCUT2D eigenvalue weighted by Gasteiger charge is -2.29. The minimum atomic E-state index is -2.89. The van der Waals surface area contributed by atoms with E-state index in [1.165, 1.54) is 23.0 Å². The van der Waals surface area contributed by atoms with Crippen LogP contribution in [0.25, 0.3) is 16.7 Å². The third kappa shape index (κ3) is 4.89. The van der Waals surface area contributed by atoms with Gasteiger partial charge in [0.05, 0.1) is 39.1 Å². The Kier molecular flexibility index (Phi) is 7.20. The predicted octanol–water partition coefficient (Wildman–Crippen LogP) is 5.03. The van der Waals surface area contributed by atoms with E-state index in [1.807, 2.05) is 24.3 Å². The molecule has 194 valence electrons. The molecule has 0 aliphatic heterocycles. The fourth-order valence-corrected chi connectivity index (χ4v) is 5.25. The molecule has 11 heteroatoms. The zero-order valence-corrected chi connectivity index (χ0v) is 20.9. The van der Waals surface area contributed by atoms with Crippen LogP contribution in [0.15, 0.2) is 59.8 Å². The molecule has 3 aromatic heterocycles. The van der Waals surface area contributed by atoms with Gasteiger partial charge < -0.3 is 5.32 Å². The number of rotatable bonds is 6. The smallest absolute Gasteiger partial charge is 0.333 e. The van der Waals surface area contributed by atoms with Crippen molar-refractivity contribution in [1.82, 2.24) is 24.4 Å². The van der Waals surface area contributed by atoms with Crippen LogP contribution in [0, 0.1) is 17.2 Å². The summed E-state index contributed by atoms with van der Waals surface area (Å²) in [7, 11) is 0. The number of alkyl halides is 2. The predicted molar refractivity (Wildman–Crippen MR) is 137 cm³/mol. The van der Waals surface area contributed by atoms with Crippen molar-refractivity contribution in [2.24, 2.45) is 5.92 Å². The van der Waals surface area contributed by atoms with E-state index in [2.05, 4.69) is 21.4 Å². The van der Waals surface area contributed by atoms with Crippen molar-refractivity contribution in [3.8, 4) is 11.8 Å². The van der Waals surface area contributed by atoms with E-state index < -0.39 is 18.0 Å². The zero-order valence-electron chi connectivity index (χ0n) is 20.2. The highest BCUT2D eigenvalue weighted by atomic mass is 35.5. The van der Waals surface area contributed by atoms with Crippen molar-refractivity contribution in [3.05, 3.63) is 87.3 Å². The molecule has 4 aromatic rings. The fourth-order valence-electron chi connectivity index (χ4n) is 5.09. The van der Waals surface area contributed by atoms with Crippen LogP contribution in [0.5, 0.6) is 0 Å². The molecule has 5 rings (SSSR count). The number of carbonyl (C=O) groups excluding carboxylic acids is 1. The molecule has 38 heavy (non-hydrogen) atoms. The molecule has 1 aliphatic carbocycles. The number of pyridine rings is 2. The quantitative estimate of drug-likeness (QED) is 0.372. The number of halogens is 3. The zero-order chi connectivity index (χ0) is 26.8. The van der Waals surface area contributed by atoms with E-state index >= 15 is 0 Å². The van der Waals surface area contributed by atoms with Crippen molar-refractivity contribution >= 4 is 28.5 Å². The van der Waals surface area contributed by atoms with Gasteiger partial charge in [-0.1, -0.05) is 23.7 Å². The second kappa shape index (κ2) is 10.7. The Bertz CT molecular complexity index is 1600. The van der Waals surface area contributed by atoms with E-state index in [-0.39, 0.29) is 28.2 Å². The molecular formula is C27H23ClF2N6O2. The van der Waals surface area contributed by atoms with Gasteiger partial charge in [0.2, 0.25) is 0 Å². The van der Waals surface area contributed by atoms with Crippen LogP contribution >= 0.6 is 11.6 Å². The molecule has 0 atom stereocenters. The van der Waals surface area contributed by atoms with Gasteiger partial charge in [-0.2, -0.15) is 5.26 Å². The summed E-state index contributed by atoms with van der Waals surface area (Å²) in [6.45, 7) is 0.475. The molecule has 1 N–H and O–H groups in total. The summed E-state index contributed by atoms with van der Waals surface area (Å²) in [6.07, 6.45) is 4.00. The van der Waals surface area contributed by atoms with E-state index in [9.17, 15) is 23.6 Å². The van der Waals surface area contributed by atoms with Gasteiger partial charge in [-0.15, -0.1) is 0 Å². The lowest BCUT2D eigenvalue weighted by Crippen LogP contribution is -2.39. The maximum absolute atomic E-state index is 13.6. The lowest BCUT2D eigenvalue weighted by molar-refractivity contribution is 0.0904. The van der Waals surface area contributed by atoms with Crippen LogP contribution < -0.4 is 11.0 Å². The van der Waals surface area contributed by atoms with E-state index in [1.54, 1.807) is 10.6 Å². The average Bonchev–Trinajstić information content (AvgIpc) is 3.20. The van der Waals surface area contributed by atoms with Gasteiger partial charge in [-0.05, 0) is 55.9 Å². The van der Waals surface area contributed by atoms with Crippen LogP contribution in [-0.4, -0.2) is 31.1 Å². The van der Waals surface area contributed by atoms with E-state index in [4.69, 9.17) is 11.6 Å². The number of para-hydroxylation sites is 2. The molecule has 0 bridgehead atoms. The van der Waals surface area contributed by atoms with Gasteiger partial charge in [0, 0.05) is 25.0 Å². The second-order valence-electron chi connectivity index (χ2n) is 9.30. The maximum atomic E-state index is 13.6. The number of nitriles is 1. The average molecular weight is 537 g/mol. The maximum Gasteiger partial charge on any atom is 0.333 e. The number of aromatic nitrogens is 4. The van der Waals surface area contributed by atoms with Crippen molar-refractivity contribution in [3.63, 3.8) is 0 Å². The molecule has 8 nitrogen and oxygen atoms in total. The molecule has 0 radical (unpaired) electrons. The van der Waals surface area contributed by atoms with E-state index in [0.717, 1.165) is 24.6 Å². The molecule has 0 saturated heterocycles. The van der Waals surface area contributed by atoms with Gasteiger partial charge in [0.1, 0.15) is 11.8 Å². The number of hydrogen-bond donors (Lipinski definition) is 1. The van der Waals surface area contributed by atoms with Crippen molar-refractivity contribution in [2.45, 2.75) is 44.7 Å². The Morgan fingerprint density at radius 3 is 2.61 bits per heavy atom. The van der Waals surface area contributed by atoms with Crippen LogP contribution in [0.3, 0.4) is 0 Å². The number of carbonyl (C=O) groups is 1. The lowest BCUT2D eigenvalue weighted by atomic mass is 9.85. The topological polar surface area (TPSA) is 106 Å². The molecule has 0 unspecified atom stereocenters. The number of nitrogens with zero attached hydrogens (tertiary/aromatic N) is 5. The van der Waals surface area contributed by atoms with Gasteiger partial charge in [-0.3, -0.25) is 23.9 Å². The third-order valence-corrected chi connectivity index (χ3v) is 7.16. The SMILES string of the molecule is N#Cc1ccncc1-n1c(=O)n(CC2CCC(NC(=O)c3cc(Cl)cnc3C(F)F)CC2)c2ccccc21. The first-order valence-corrected chi connectivity index (χ1v) is 12.5. The Balaban J connectivity index is 1.32. The standard InChI is InChI=1S/C27H23ClF2N6O2/c28-18-11-20(24(25(29)30)33-13-18)26(37)34-19-7-5-16(6-8-19)15-35-21-3-1-2-4-22(21)36(27(35)38)23-14-32-10-9-17(23)12-31/h1-4,9-11,13-14,16,19,25H,5-8,15H2,(H,34,37). The number of nitrogens with one attached hydrogen (secondary N) is 1. The monoisotopic (exact) mass is 536 g/mol. The normalized spacial score (nSPS) is 17.4. The first kappa shape index (κ1) is 25.5. The van der Waals surface area contributed by atoms with Crippen LogP contribution in [0.2, 0.25) is 5.02 Å². The first-order valence-electron chi connectivity index (χ1n) is 12.2. The molecular weight excluding hydrogens is 514 g/mol. The first-order chi connectivity index (χ1) is 18.4. The number of amides is 1. The van der Waals surface area contributed by atoms with Gasteiger partial charge in [0.15, 0.2) is 0 Å². The summed E-state index contributed by atoms with van der Waals surface area (Å²) in [5.41, 5.74) is 1.16. The highest BCUT2D eigenvalue weighted by Gasteiger charge is 2.27. The molecule has 1 amide bonds. The Morgan fingerprint density at radius 1 is 1.16 bits per heavy atom. The minimum Gasteiger partial charge on any atom is -0.349 e. The highest BCUT2D eigenvalue weighted by molar-refractivity contribution is 6.30. The minimum absolute atomic E-state index is 0.112. The van der Waals surface area contributed by atoms with Gasteiger partial charge in [0.25, 0.3) is 12.3 Å². The van der Waals surface area contributed by atoms with Crippen LogP contribution in [0.4, 0.5) is 8.78 Å². The van der Waals surface area contributed by atoms with Crippen LogP contribution in [-0.2, 0) is 6.54 Å². The number of fused-ring (bicyclic) bond motifs is 1. The molecule has 0 spiro atoms. The summed E-state index contributed by atoms with van der Waals surface area (Å²) in [5.74, 6) is -0.447. The largest absolute Gasteiger partial charge is 0.349 e. The molecule has 1 aromatic carbocycles. The molecule has 1 saturated carbocycles. The number of imidazole rings is 1. The third-order valence-electron chi connectivity index (χ3n) is 6.96. The summed E-state index contributed by atoms with van der Waals surface area (Å²) >= 11 is 5.88. The molecule has 1 fully saturated rings. The summed E-state index contributed by atoms with van der Waals surface area (Å²) in [4.78, 5) is 34.0. The second-order valence-corrected chi connectivity index (χ2v) is 9.74. The van der Waals surface area contributed by atoms with Crippen LogP contribution in [0.1, 0.15) is 53.7 Å². The summed E-state index contributed by atoms with van der Waals surface area (Å²) in [5, 5.41) is 12.5. The fraction of sp³-hybridized carbons (Fsp3) is 0.296. The highest BCUT2D eigenvalue weighted by Crippen LogP contribution is 2.29. The van der Waals surface area contributed by atoms with Crippen molar-refractivity contribution in [1.29, 1.82) is 5.26 Å². The molecule has 1 aliphatic rings. The Labute approximate surface area is 221 Å². The molecule has 3 heterocycles.